The van der Waals surface area contributed by atoms with Crippen molar-refractivity contribution in [2.45, 2.75) is 26.2 Å². The average molecular weight is 348 g/mol. The quantitative estimate of drug-likeness (QED) is 0.712. The van der Waals surface area contributed by atoms with Crippen molar-refractivity contribution in [3.8, 4) is 0 Å². The number of fused-ring (bicyclic) bond motifs is 2. The summed E-state index contributed by atoms with van der Waals surface area (Å²) >= 11 is 0. The lowest BCUT2D eigenvalue weighted by molar-refractivity contribution is 0.488. The van der Waals surface area contributed by atoms with Crippen LogP contribution < -0.4 is 9.80 Å². The summed E-state index contributed by atoms with van der Waals surface area (Å²) < 4.78 is 1.95. The zero-order valence-electron chi connectivity index (χ0n) is 15.2. The number of hydrogen-bond donors (Lipinski definition) is 0. The summed E-state index contributed by atoms with van der Waals surface area (Å²) in [5, 5.41) is 4.49. The molecule has 0 radical (unpaired) electrons. The zero-order valence-corrected chi connectivity index (χ0v) is 15.2. The van der Waals surface area contributed by atoms with Crippen LogP contribution in [-0.4, -0.2) is 45.8 Å². The Kier molecular flexibility index (Phi) is 3.76. The van der Waals surface area contributed by atoms with Gasteiger partial charge in [0.05, 0.1) is 5.69 Å². The van der Waals surface area contributed by atoms with E-state index >= 15 is 0 Å². The van der Waals surface area contributed by atoms with Crippen LogP contribution in [0.5, 0.6) is 0 Å². The minimum absolute atomic E-state index is 0.697. The third kappa shape index (κ3) is 2.60. The van der Waals surface area contributed by atoms with Crippen LogP contribution in [0, 0.1) is 5.92 Å². The molecule has 1 fully saturated rings. The molecule has 1 atom stereocenters. The van der Waals surface area contributed by atoms with E-state index < -0.39 is 0 Å². The zero-order chi connectivity index (χ0) is 17.5. The van der Waals surface area contributed by atoms with Crippen molar-refractivity contribution in [1.82, 2.24) is 19.6 Å². The largest absolute Gasteiger partial charge is 0.368 e. The number of para-hydroxylation sites is 1. The molecule has 1 aromatic carbocycles. The number of piperazine rings is 1. The van der Waals surface area contributed by atoms with Crippen LogP contribution in [0.4, 0.5) is 11.5 Å². The third-order valence-corrected chi connectivity index (χ3v) is 5.71. The first kappa shape index (κ1) is 15.6. The Bertz CT molecular complexity index is 911. The highest BCUT2D eigenvalue weighted by Gasteiger charge is 2.28. The molecule has 0 bridgehead atoms. The molecule has 1 saturated heterocycles. The molecule has 6 nitrogen and oxygen atoms in total. The van der Waals surface area contributed by atoms with E-state index in [1.807, 2.05) is 4.52 Å². The van der Waals surface area contributed by atoms with Gasteiger partial charge in [-0.15, -0.1) is 0 Å². The van der Waals surface area contributed by atoms with Gasteiger partial charge in [-0.1, -0.05) is 25.1 Å². The number of rotatable bonds is 2. The lowest BCUT2D eigenvalue weighted by Crippen LogP contribution is -2.47. The van der Waals surface area contributed by atoms with Gasteiger partial charge in [-0.25, -0.2) is 4.98 Å². The first-order chi connectivity index (χ1) is 12.8. The summed E-state index contributed by atoms with van der Waals surface area (Å²) in [5.74, 6) is 2.66. The van der Waals surface area contributed by atoms with Gasteiger partial charge in [-0.2, -0.15) is 14.6 Å². The first-order valence-electron chi connectivity index (χ1n) is 9.56. The molecule has 0 N–H and O–H groups in total. The fourth-order valence-corrected chi connectivity index (χ4v) is 4.29. The molecule has 6 heteroatoms. The Morgan fingerprint density at radius 2 is 1.77 bits per heavy atom. The Balaban J connectivity index is 1.47. The van der Waals surface area contributed by atoms with Gasteiger partial charge >= 0.3 is 0 Å². The summed E-state index contributed by atoms with van der Waals surface area (Å²) in [4.78, 5) is 14.1. The van der Waals surface area contributed by atoms with Crippen molar-refractivity contribution in [3.63, 3.8) is 0 Å². The molecule has 0 spiro atoms. The Morgan fingerprint density at radius 3 is 2.58 bits per heavy atom. The van der Waals surface area contributed by atoms with Crippen molar-refractivity contribution in [1.29, 1.82) is 0 Å². The number of benzene rings is 1. The molecule has 0 unspecified atom stereocenters. The molecule has 1 aliphatic heterocycles. The van der Waals surface area contributed by atoms with Crippen LogP contribution in [0.25, 0.3) is 5.78 Å². The Morgan fingerprint density at radius 1 is 1.00 bits per heavy atom. The maximum absolute atomic E-state index is 4.80. The smallest absolute Gasteiger partial charge is 0.254 e. The molecule has 0 amide bonds. The second kappa shape index (κ2) is 6.27. The van der Waals surface area contributed by atoms with Gasteiger partial charge < -0.3 is 9.80 Å². The predicted octanol–water partition coefficient (Wildman–Crippen LogP) is 2.58. The van der Waals surface area contributed by atoms with Gasteiger partial charge in [0.25, 0.3) is 5.78 Å². The Hall–Kier alpha value is -2.63. The molecule has 2 aromatic heterocycles. The molecule has 26 heavy (non-hydrogen) atoms. The van der Waals surface area contributed by atoms with E-state index in [0.29, 0.717) is 5.92 Å². The lowest BCUT2D eigenvalue weighted by atomic mass is 9.88. The molecular weight excluding hydrogens is 324 g/mol. The summed E-state index contributed by atoms with van der Waals surface area (Å²) in [7, 11) is 0. The molecule has 0 saturated carbocycles. The van der Waals surface area contributed by atoms with Crippen LogP contribution >= 0.6 is 0 Å². The van der Waals surface area contributed by atoms with E-state index in [1.165, 1.54) is 29.2 Å². The van der Waals surface area contributed by atoms with Crippen LogP contribution in [0.15, 0.2) is 36.7 Å². The van der Waals surface area contributed by atoms with Crippen molar-refractivity contribution in [2.75, 3.05) is 36.0 Å². The highest BCUT2D eigenvalue weighted by atomic mass is 15.4. The Labute approximate surface area is 153 Å². The van der Waals surface area contributed by atoms with E-state index in [9.17, 15) is 0 Å². The lowest BCUT2D eigenvalue weighted by Gasteiger charge is -2.38. The van der Waals surface area contributed by atoms with E-state index in [4.69, 9.17) is 4.98 Å². The van der Waals surface area contributed by atoms with Gasteiger partial charge in [0, 0.05) is 37.4 Å². The number of hydrogen-bond acceptors (Lipinski definition) is 5. The second-order valence-corrected chi connectivity index (χ2v) is 7.49. The van der Waals surface area contributed by atoms with Gasteiger partial charge in [0.15, 0.2) is 0 Å². The SMILES string of the molecule is C[C@@H]1CCc2c(nc3ncnn3c2N2CCN(c3ccccc3)CC2)C1. The van der Waals surface area contributed by atoms with E-state index in [0.717, 1.165) is 44.8 Å². The predicted molar refractivity (Wildman–Crippen MR) is 103 cm³/mol. The molecule has 3 aromatic rings. The van der Waals surface area contributed by atoms with Crippen LogP contribution in [0.1, 0.15) is 24.6 Å². The van der Waals surface area contributed by atoms with E-state index in [2.05, 4.69) is 57.1 Å². The number of nitrogens with zero attached hydrogens (tertiary/aromatic N) is 6. The monoisotopic (exact) mass is 348 g/mol. The maximum Gasteiger partial charge on any atom is 0.254 e. The fourth-order valence-electron chi connectivity index (χ4n) is 4.29. The number of aromatic nitrogens is 4. The van der Waals surface area contributed by atoms with Gasteiger partial charge in [-0.3, -0.25) is 0 Å². The third-order valence-electron chi connectivity index (χ3n) is 5.71. The van der Waals surface area contributed by atoms with E-state index in [-0.39, 0.29) is 0 Å². The highest BCUT2D eigenvalue weighted by molar-refractivity contribution is 5.57. The van der Waals surface area contributed by atoms with Crippen LogP contribution in [-0.2, 0) is 12.8 Å². The summed E-state index contributed by atoms with van der Waals surface area (Å²) in [5.41, 5.74) is 3.92. The normalized spacial score (nSPS) is 20.4. The summed E-state index contributed by atoms with van der Waals surface area (Å²) in [6, 6.07) is 10.7. The van der Waals surface area contributed by atoms with E-state index in [1.54, 1.807) is 6.33 Å². The average Bonchev–Trinajstić information content (AvgIpc) is 3.15. The fraction of sp³-hybridized carbons (Fsp3) is 0.450. The summed E-state index contributed by atoms with van der Waals surface area (Å²) in [6.45, 7) is 6.35. The first-order valence-corrected chi connectivity index (χ1v) is 9.56. The van der Waals surface area contributed by atoms with Crippen LogP contribution in [0.3, 0.4) is 0 Å². The standard InChI is InChI=1S/C20H24N6/c1-15-7-8-17-18(13-15)23-20-21-14-22-26(20)19(17)25-11-9-24(10-12-25)16-5-3-2-4-6-16/h2-6,14-15H,7-13H2,1H3/t15-/m1/s1. The second-order valence-electron chi connectivity index (χ2n) is 7.49. The molecule has 134 valence electrons. The molecule has 1 aliphatic carbocycles. The minimum Gasteiger partial charge on any atom is -0.368 e. The molecule has 3 heterocycles. The van der Waals surface area contributed by atoms with Crippen molar-refractivity contribution >= 4 is 17.3 Å². The molecule has 5 rings (SSSR count). The summed E-state index contributed by atoms with van der Waals surface area (Å²) in [6.07, 6.45) is 5.00. The minimum atomic E-state index is 0.697. The van der Waals surface area contributed by atoms with Gasteiger partial charge in [-0.05, 0) is 37.3 Å². The van der Waals surface area contributed by atoms with Gasteiger partial charge in [0.2, 0.25) is 0 Å². The maximum atomic E-state index is 4.80. The van der Waals surface area contributed by atoms with Gasteiger partial charge in [0.1, 0.15) is 12.1 Å². The van der Waals surface area contributed by atoms with Crippen molar-refractivity contribution < 1.29 is 0 Å². The number of anilines is 2. The van der Waals surface area contributed by atoms with Crippen LogP contribution in [0.2, 0.25) is 0 Å². The topological polar surface area (TPSA) is 49.6 Å². The van der Waals surface area contributed by atoms with Crippen molar-refractivity contribution in [2.24, 2.45) is 5.92 Å². The molecule has 2 aliphatic rings. The highest BCUT2D eigenvalue weighted by Crippen LogP contribution is 2.32. The molecular formula is C20H24N6. The van der Waals surface area contributed by atoms with Crippen molar-refractivity contribution in [3.05, 3.63) is 47.9 Å².